The molecule has 1 aliphatic rings. The highest BCUT2D eigenvalue weighted by Crippen LogP contribution is 2.33. The van der Waals surface area contributed by atoms with Crippen LogP contribution in [0.4, 0.5) is 4.79 Å². The number of rotatable bonds is 8. The van der Waals surface area contributed by atoms with Gasteiger partial charge in [-0.15, -0.1) is 11.8 Å². The van der Waals surface area contributed by atoms with Gasteiger partial charge in [0.15, 0.2) is 11.5 Å². The molecular formula is C22H29N3O6S. The fourth-order valence-corrected chi connectivity index (χ4v) is 4.25. The average Bonchev–Trinajstić information content (AvgIpc) is 3.19. The van der Waals surface area contributed by atoms with Crippen LogP contribution in [0.15, 0.2) is 22.6 Å². The van der Waals surface area contributed by atoms with Crippen molar-refractivity contribution in [2.75, 3.05) is 52.8 Å². The molecule has 174 valence electrons. The summed E-state index contributed by atoms with van der Waals surface area (Å²) in [5.74, 6) is 3.43. The van der Waals surface area contributed by atoms with Crippen molar-refractivity contribution < 1.29 is 28.2 Å². The van der Waals surface area contributed by atoms with Crippen LogP contribution in [-0.4, -0.2) is 79.5 Å². The van der Waals surface area contributed by atoms with E-state index in [9.17, 15) is 9.59 Å². The maximum atomic E-state index is 12.5. The third-order valence-electron chi connectivity index (χ3n) is 5.15. The number of hydrogen-bond acceptors (Lipinski definition) is 8. The summed E-state index contributed by atoms with van der Waals surface area (Å²) in [6, 6.07) is 5.49. The van der Waals surface area contributed by atoms with Gasteiger partial charge in [-0.2, -0.15) is 0 Å². The van der Waals surface area contributed by atoms with Gasteiger partial charge in [0.05, 0.1) is 32.3 Å². The van der Waals surface area contributed by atoms with Crippen LogP contribution in [0.1, 0.15) is 18.4 Å². The molecule has 9 nitrogen and oxygen atoms in total. The Morgan fingerprint density at radius 2 is 1.78 bits per heavy atom. The first kappa shape index (κ1) is 23.8. The molecule has 1 fully saturated rings. The Morgan fingerprint density at radius 3 is 2.44 bits per heavy atom. The van der Waals surface area contributed by atoms with Crippen LogP contribution >= 0.6 is 11.8 Å². The van der Waals surface area contributed by atoms with Crippen molar-refractivity contribution in [3.05, 3.63) is 29.7 Å². The van der Waals surface area contributed by atoms with Crippen molar-refractivity contribution in [3.8, 4) is 23.0 Å². The molecule has 0 N–H and O–H groups in total. The van der Waals surface area contributed by atoms with E-state index in [1.165, 1.54) is 11.8 Å². The number of piperazine rings is 1. The normalized spacial score (nSPS) is 13.8. The highest BCUT2D eigenvalue weighted by molar-refractivity contribution is 7.99. The lowest BCUT2D eigenvalue weighted by Gasteiger charge is -2.34. The largest absolute Gasteiger partial charge is 0.493 e. The van der Waals surface area contributed by atoms with Crippen molar-refractivity contribution in [2.24, 2.45) is 0 Å². The van der Waals surface area contributed by atoms with Gasteiger partial charge in [0.25, 0.3) is 0 Å². The highest BCUT2D eigenvalue weighted by atomic mass is 32.2. The van der Waals surface area contributed by atoms with Crippen LogP contribution < -0.4 is 9.47 Å². The molecule has 1 aliphatic heterocycles. The van der Waals surface area contributed by atoms with E-state index in [4.69, 9.17) is 18.6 Å². The number of thioether (sulfide) groups is 1. The van der Waals surface area contributed by atoms with Crippen molar-refractivity contribution >= 4 is 23.8 Å². The van der Waals surface area contributed by atoms with Gasteiger partial charge in [-0.05, 0) is 32.0 Å². The zero-order valence-electron chi connectivity index (χ0n) is 18.9. The molecule has 3 rings (SSSR count). The monoisotopic (exact) mass is 463 g/mol. The molecule has 0 radical (unpaired) electrons. The summed E-state index contributed by atoms with van der Waals surface area (Å²) in [5.41, 5.74) is 1.59. The average molecular weight is 464 g/mol. The molecular weight excluding hydrogens is 434 g/mol. The predicted molar refractivity (Wildman–Crippen MR) is 121 cm³/mol. The van der Waals surface area contributed by atoms with Crippen LogP contribution in [0.3, 0.4) is 0 Å². The fourth-order valence-electron chi connectivity index (χ4n) is 3.33. The second kappa shape index (κ2) is 11.1. The van der Waals surface area contributed by atoms with Gasteiger partial charge in [0.2, 0.25) is 11.8 Å². The van der Waals surface area contributed by atoms with E-state index < -0.39 is 0 Å². The number of carbonyl (C=O) groups is 2. The zero-order chi connectivity index (χ0) is 23.1. The first-order valence-electron chi connectivity index (χ1n) is 10.4. The summed E-state index contributed by atoms with van der Waals surface area (Å²) in [5, 5.41) is 0. The smallest absolute Gasteiger partial charge is 0.409 e. The number of amides is 2. The summed E-state index contributed by atoms with van der Waals surface area (Å²) in [4.78, 5) is 32.3. The summed E-state index contributed by atoms with van der Waals surface area (Å²) in [7, 11) is 3.17. The number of benzene rings is 1. The standard InChI is InChI=1S/C22H29N3O6S/c1-5-30-22(27)25-10-8-24(9-11-25)20(26)14-32-13-17-15(2)31-21(23-17)16-6-7-18(28-3)19(12-16)29-4/h6-7,12H,5,8-11,13-14H2,1-4H3. The molecule has 2 aromatic rings. The number of methoxy groups -OCH3 is 2. The lowest BCUT2D eigenvalue weighted by Crippen LogP contribution is -2.51. The van der Waals surface area contributed by atoms with E-state index in [1.54, 1.807) is 30.9 Å². The Morgan fingerprint density at radius 1 is 1.09 bits per heavy atom. The number of ether oxygens (including phenoxy) is 3. The number of hydrogen-bond donors (Lipinski definition) is 0. The molecule has 32 heavy (non-hydrogen) atoms. The van der Waals surface area contributed by atoms with E-state index in [1.807, 2.05) is 25.1 Å². The minimum atomic E-state index is -0.319. The van der Waals surface area contributed by atoms with Crippen molar-refractivity contribution in [1.29, 1.82) is 0 Å². The molecule has 0 aliphatic carbocycles. The van der Waals surface area contributed by atoms with E-state index >= 15 is 0 Å². The summed E-state index contributed by atoms with van der Waals surface area (Å²) in [6.07, 6.45) is -0.319. The SMILES string of the molecule is CCOC(=O)N1CCN(C(=O)CSCc2nc(-c3ccc(OC)c(OC)c3)oc2C)CC1. The quantitative estimate of drug-likeness (QED) is 0.589. The first-order chi connectivity index (χ1) is 15.5. The van der Waals surface area contributed by atoms with Crippen molar-refractivity contribution in [3.63, 3.8) is 0 Å². The predicted octanol–water partition coefficient (Wildman–Crippen LogP) is 3.20. The third kappa shape index (κ3) is 5.67. The van der Waals surface area contributed by atoms with E-state index in [-0.39, 0.29) is 12.0 Å². The minimum Gasteiger partial charge on any atom is -0.493 e. The van der Waals surface area contributed by atoms with Gasteiger partial charge in [0, 0.05) is 37.5 Å². The number of aromatic nitrogens is 1. The van der Waals surface area contributed by atoms with Crippen molar-refractivity contribution in [1.82, 2.24) is 14.8 Å². The Hall–Kier alpha value is -2.88. The Kier molecular flexibility index (Phi) is 8.26. The highest BCUT2D eigenvalue weighted by Gasteiger charge is 2.24. The van der Waals surface area contributed by atoms with Crippen LogP contribution in [0, 0.1) is 6.92 Å². The summed E-state index contributed by atoms with van der Waals surface area (Å²) >= 11 is 1.50. The molecule has 0 bridgehead atoms. The molecule has 0 saturated carbocycles. The van der Waals surface area contributed by atoms with Crippen molar-refractivity contribution in [2.45, 2.75) is 19.6 Å². The molecule has 1 aromatic carbocycles. The van der Waals surface area contributed by atoms with E-state index in [0.717, 1.165) is 17.0 Å². The summed E-state index contributed by atoms with van der Waals surface area (Å²) < 4.78 is 21.5. The maximum Gasteiger partial charge on any atom is 0.409 e. The van der Waals surface area contributed by atoms with Gasteiger partial charge in [-0.3, -0.25) is 4.79 Å². The topological polar surface area (TPSA) is 94.3 Å². The second-order valence-electron chi connectivity index (χ2n) is 7.15. The van der Waals surface area contributed by atoms with Gasteiger partial charge in [-0.25, -0.2) is 9.78 Å². The van der Waals surface area contributed by atoms with E-state index in [0.29, 0.717) is 61.7 Å². The lowest BCUT2D eigenvalue weighted by molar-refractivity contribution is -0.129. The minimum absolute atomic E-state index is 0.0553. The van der Waals surface area contributed by atoms with Crippen LogP contribution in [0.25, 0.3) is 11.5 Å². The summed E-state index contributed by atoms with van der Waals surface area (Å²) in [6.45, 7) is 6.02. The number of oxazole rings is 1. The zero-order valence-corrected chi connectivity index (χ0v) is 19.7. The molecule has 10 heteroatoms. The van der Waals surface area contributed by atoms with Crippen LogP contribution in [0.5, 0.6) is 11.5 Å². The fraction of sp³-hybridized carbons (Fsp3) is 0.500. The molecule has 2 amide bonds. The lowest BCUT2D eigenvalue weighted by atomic mass is 10.2. The van der Waals surface area contributed by atoms with Crippen LogP contribution in [0.2, 0.25) is 0 Å². The first-order valence-corrected chi connectivity index (χ1v) is 11.6. The Balaban J connectivity index is 1.51. The van der Waals surface area contributed by atoms with Crippen LogP contribution in [-0.2, 0) is 15.3 Å². The molecule has 0 atom stereocenters. The Labute approximate surface area is 192 Å². The Bertz CT molecular complexity index is 940. The van der Waals surface area contributed by atoms with Gasteiger partial charge >= 0.3 is 6.09 Å². The third-order valence-corrected chi connectivity index (χ3v) is 6.07. The number of aryl methyl sites for hydroxylation is 1. The number of carbonyl (C=O) groups excluding carboxylic acids is 2. The molecule has 1 saturated heterocycles. The molecule has 1 aromatic heterocycles. The maximum absolute atomic E-state index is 12.5. The second-order valence-corrected chi connectivity index (χ2v) is 8.14. The van der Waals surface area contributed by atoms with Gasteiger partial charge < -0.3 is 28.4 Å². The number of nitrogens with zero attached hydrogens (tertiary/aromatic N) is 3. The molecule has 0 unspecified atom stereocenters. The molecule has 2 heterocycles. The van der Waals surface area contributed by atoms with Gasteiger partial charge in [0.1, 0.15) is 5.76 Å². The van der Waals surface area contributed by atoms with Gasteiger partial charge in [-0.1, -0.05) is 0 Å². The van der Waals surface area contributed by atoms with E-state index in [2.05, 4.69) is 4.98 Å². The molecule has 0 spiro atoms.